The van der Waals surface area contributed by atoms with Crippen molar-refractivity contribution < 1.29 is 4.79 Å². The molecule has 0 aromatic carbocycles. The number of ketones is 1. The average Bonchev–Trinajstić information content (AvgIpc) is 2.25. The first-order valence-electron chi connectivity index (χ1n) is 3.65. The molecule has 2 aliphatic carbocycles. The first-order valence-corrected chi connectivity index (χ1v) is 3.65. The molecule has 0 radical (unpaired) electrons. The fourth-order valence-corrected chi connectivity index (χ4v) is 1.32. The molecule has 0 amide bonds. The van der Waals surface area contributed by atoms with Crippen LogP contribution in [0.5, 0.6) is 0 Å². The Hall–Kier alpha value is -1.37. The molecule has 54 valence electrons. The fourth-order valence-electron chi connectivity index (χ4n) is 1.32. The highest BCUT2D eigenvalue weighted by molar-refractivity contribution is 6.07. The van der Waals surface area contributed by atoms with Gasteiger partial charge in [-0.1, -0.05) is 36.5 Å². The third kappa shape index (κ3) is 0.984. The van der Waals surface area contributed by atoms with E-state index in [-0.39, 0.29) is 11.7 Å². The van der Waals surface area contributed by atoms with Crippen LogP contribution >= 0.6 is 0 Å². The largest absolute Gasteiger partial charge is 0.290 e. The Morgan fingerprint density at radius 3 is 2.91 bits per heavy atom. The van der Waals surface area contributed by atoms with E-state index in [4.69, 9.17) is 0 Å². The van der Waals surface area contributed by atoms with Crippen LogP contribution in [0.3, 0.4) is 0 Å². The molecular formula is C10H8O. The molecule has 0 spiro atoms. The summed E-state index contributed by atoms with van der Waals surface area (Å²) < 4.78 is 0. The van der Waals surface area contributed by atoms with E-state index in [2.05, 4.69) is 0 Å². The van der Waals surface area contributed by atoms with Crippen LogP contribution in [0, 0.1) is 5.92 Å². The number of carbonyl (C=O) groups excluding carboxylic acids is 1. The van der Waals surface area contributed by atoms with Crippen LogP contribution in [-0.2, 0) is 4.79 Å². The van der Waals surface area contributed by atoms with Crippen LogP contribution in [0.4, 0.5) is 0 Å². The molecule has 0 heterocycles. The van der Waals surface area contributed by atoms with Gasteiger partial charge in [0.05, 0.1) is 0 Å². The van der Waals surface area contributed by atoms with E-state index in [0.717, 1.165) is 5.57 Å². The molecule has 0 N–H and O–H groups in total. The lowest BCUT2D eigenvalue weighted by atomic mass is 10.0. The molecule has 0 saturated heterocycles. The van der Waals surface area contributed by atoms with E-state index in [1.165, 1.54) is 0 Å². The molecule has 1 nitrogen and oxygen atoms in total. The van der Waals surface area contributed by atoms with Gasteiger partial charge in [0.1, 0.15) is 0 Å². The summed E-state index contributed by atoms with van der Waals surface area (Å²) in [4.78, 5) is 11.1. The first-order chi connectivity index (χ1) is 5.38. The van der Waals surface area contributed by atoms with Gasteiger partial charge in [-0.2, -0.15) is 0 Å². The van der Waals surface area contributed by atoms with Crippen LogP contribution in [-0.4, -0.2) is 5.78 Å². The van der Waals surface area contributed by atoms with Crippen molar-refractivity contribution in [3.8, 4) is 0 Å². The zero-order valence-electron chi connectivity index (χ0n) is 6.03. The molecule has 0 aromatic heterocycles. The number of hydrogen-bond acceptors (Lipinski definition) is 1. The predicted octanol–water partition coefficient (Wildman–Crippen LogP) is 1.79. The molecule has 0 saturated carbocycles. The van der Waals surface area contributed by atoms with Gasteiger partial charge in [0.25, 0.3) is 0 Å². The summed E-state index contributed by atoms with van der Waals surface area (Å²) >= 11 is 0. The maximum Gasteiger partial charge on any atom is 0.182 e. The quantitative estimate of drug-likeness (QED) is 0.506. The van der Waals surface area contributed by atoms with Crippen LogP contribution in [0.2, 0.25) is 0 Å². The third-order valence-electron chi connectivity index (χ3n) is 1.92. The van der Waals surface area contributed by atoms with Crippen molar-refractivity contribution in [2.75, 3.05) is 0 Å². The number of hydrogen-bond donors (Lipinski definition) is 0. The minimum Gasteiger partial charge on any atom is -0.290 e. The molecule has 1 atom stereocenters. The molecule has 1 heteroatoms. The third-order valence-corrected chi connectivity index (χ3v) is 1.92. The van der Waals surface area contributed by atoms with Crippen LogP contribution in [0.15, 0.2) is 48.1 Å². The highest BCUT2D eigenvalue weighted by Crippen LogP contribution is 2.23. The van der Waals surface area contributed by atoms with Crippen molar-refractivity contribution in [3.05, 3.63) is 48.1 Å². The lowest BCUT2D eigenvalue weighted by Crippen LogP contribution is -1.98. The number of fused-ring (bicyclic) bond motifs is 1. The van der Waals surface area contributed by atoms with Gasteiger partial charge in [0.15, 0.2) is 5.78 Å². The van der Waals surface area contributed by atoms with Crippen molar-refractivity contribution in [1.29, 1.82) is 0 Å². The highest BCUT2D eigenvalue weighted by Gasteiger charge is 2.19. The fraction of sp³-hybridized carbons (Fsp3) is 0.100. The molecule has 11 heavy (non-hydrogen) atoms. The van der Waals surface area contributed by atoms with E-state index in [9.17, 15) is 4.79 Å². The monoisotopic (exact) mass is 144 g/mol. The smallest absolute Gasteiger partial charge is 0.182 e. The Morgan fingerprint density at radius 1 is 1.09 bits per heavy atom. The van der Waals surface area contributed by atoms with Crippen molar-refractivity contribution in [1.82, 2.24) is 0 Å². The zero-order valence-corrected chi connectivity index (χ0v) is 6.03. The molecule has 2 aliphatic rings. The van der Waals surface area contributed by atoms with E-state index in [1.54, 1.807) is 6.08 Å². The van der Waals surface area contributed by atoms with Crippen molar-refractivity contribution in [3.63, 3.8) is 0 Å². The predicted molar refractivity (Wildman–Crippen MR) is 44.0 cm³/mol. The Balaban J connectivity index is 2.44. The number of carbonyl (C=O) groups is 1. The Kier molecular flexibility index (Phi) is 1.35. The summed E-state index contributed by atoms with van der Waals surface area (Å²) in [6, 6.07) is 0. The SMILES string of the molecule is O=C1C=CC2C=CC=CC=C12. The van der Waals surface area contributed by atoms with Gasteiger partial charge in [-0.05, 0) is 6.08 Å². The van der Waals surface area contributed by atoms with Gasteiger partial charge < -0.3 is 0 Å². The van der Waals surface area contributed by atoms with E-state index < -0.39 is 0 Å². The van der Waals surface area contributed by atoms with E-state index in [0.29, 0.717) is 0 Å². The Morgan fingerprint density at radius 2 is 2.00 bits per heavy atom. The molecule has 0 aliphatic heterocycles. The second-order valence-corrected chi connectivity index (χ2v) is 2.64. The topological polar surface area (TPSA) is 17.1 Å². The van der Waals surface area contributed by atoms with E-state index >= 15 is 0 Å². The summed E-state index contributed by atoms with van der Waals surface area (Å²) in [6.45, 7) is 0. The van der Waals surface area contributed by atoms with Gasteiger partial charge >= 0.3 is 0 Å². The van der Waals surface area contributed by atoms with Crippen molar-refractivity contribution in [2.45, 2.75) is 0 Å². The van der Waals surface area contributed by atoms with Crippen LogP contribution in [0.25, 0.3) is 0 Å². The van der Waals surface area contributed by atoms with Crippen LogP contribution < -0.4 is 0 Å². The molecule has 0 bridgehead atoms. The second-order valence-electron chi connectivity index (χ2n) is 2.64. The molecule has 2 rings (SSSR count). The molecular weight excluding hydrogens is 136 g/mol. The summed E-state index contributed by atoms with van der Waals surface area (Å²) in [5.41, 5.74) is 0.884. The zero-order chi connectivity index (χ0) is 7.68. The minimum absolute atomic E-state index is 0.145. The van der Waals surface area contributed by atoms with Gasteiger partial charge in [0, 0.05) is 11.5 Å². The second kappa shape index (κ2) is 2.35. The first kappa shape index (κ1) is 6.35. The summed E-state index contributed by atoms with van der Waals surface area (Å²) in [5.74, 6) is 0.365. The Labute approximate surface area is 65.4 Å². The normalized spacial score (nSPS) is 26.7. The summed E-state index contributed by atoms with van der Waals surface area (Å²) in [7, 11) is 0. The maximum atomic E-state index is 11.1. The number of rotatable bonds is 0. The lowest BCUT2D eigenvalue weighted by molar-refractivity contribution is -0.111. The van der Waals surface area contributed by atoms with Gasteiger partial charge in [-0.15, -0.1) is 0 Å². The standard InChI is InChI=1S/C10H8O/c11-10-7-6-8-4-2-1-3-5-9(8)10/h1-8H. The molecule has 0 fully saturated rings. The van der Waals surface area contributed by atoms with Crippen molar-refractivity contribution in [2.24, 2.45) is 5.92 Å². The lowest BCUT2D eigenvalue weighted by Gasteiger charge is -2.00. The Bertz CT molecular complexity index is 303. The molecule has 1 unspecified atom stereocenters. The number of allylic oxidation sites excluding steroid dienone is 8. The minimum atomic E-state index is 0.145. The van der Waals surface area contributed by atoms with E-state index in [1.807, 2.05) is 36.5 Å². The highest BCUT2D eigenvalue weighted by atomic mass is 16.1. The summed E-state index contributed by atoms with van der Waals surface area (Å²) in [5, 5.41) is 0. The van der Waals surface area contributed by atoms with Gasteiger partial charge in [-0.3, -0.25) is 4.79 Å². The van der Waals surface area contributed by atoms with Crippen molar-refractivity contribution >= 4 is 5.78 Å². The maximum absolute atomic E-state index is 11.1. The van der Waals surface area contributed by atoms with Gasteiger partial charge in [-0.25, -0.2) is 0 Å². The molecule has 0 aromatic rings. The average molecular weight is 144 g/mol. The summed E-state index contributed by atoms with van der Waals surface area (Å²) in [6.07, 6.45) is 13.3. The van der Waals surface area contributed by atoms with Gasteiger partial charge in [0.2, 0.25) is 0 Å². The van der Waals surface area contributed by atoms with Crippen LogP contribution in [0.1, 0.15) is 0 Å².